The van der Waals surface area contributed by atoms with Gasteiger partial charge in [-0.15, -0.1) is 0 Å². The molecule has 6 rings (SSSR count). The summed E-state index contributed by atoms with van der Waals surface area (Å²) in [5, 5.41) is 7.46. The van der Waals surface area contributed by atoms with Crippen molar-refractivity contribution in [2.75, 3.05) is 11.9 Å². The van der Waals surface area contributed by atoms with Crippen LogP contribution in [0.1, 0.15) is 49.9 Å². The Balaban J connectivity index is 1.39. The lowest BCUT2D eigenvalue weighted by Crippen LogP contribution is -2.38. The number of rotatable bonds is 3. The van der Waals surface area contributed by atoms with Crippen LogP contribution >= 0.6 is 11.6 Å². The van der Waals surface area contributed by atoms with Gasteiger partial charge in [-0.05, 0) is 55.2 Å². The molecule has 0 saturated carbocycles. The van der Waals surface area contributed by atoms with Crippen molar-refractivity contribution in [2.24, 2.45) is 5.92 Å². The number of hydrogen-bond acceptors (Lipinski definition) is 5. The highest BCUT2D eigenvalue weighted by Crippen LogP contribution is 2.37. The van der Waals surface area contributed by atoms with Gasteiger partial charge in [0.1, 0.15) is 11.5 Å². The maximum Gasteiger partial charge on any atom is 0.250 e. The van der Waals surface area contributed by atoms with Gasteiger partial charge in [0.2, 0.25) is 17.4 Å². The third-order valence-corrected chi connectivity index (χ3v) is 8.19. The molecule has 0 saturated heterocycles. The second kappa shape index (κ2) is 11.6. The third kappa shape index (κ3) is 5.60. The van der Waals surface area contributed by atoms with Crippen molar-refractivity contribution in [3.05, 3.63) is 99.3 Å². The summed E-state index contributed by atoms with van der Waals surface area (Å²) >= 11 is 5.90. The highest BCUT2D eigenvalue weighted by molar-refractivity contribution is 6.31. The number of hydrogen-bond donors (Lipinski definition) is 2. The van der Waals surface area contributed by atoms with Crippen molar-refractivity contribution in [2.45, 2.75) is 38.6 Å². The summed E-state index contributed by atoms with van der Waals surface area (Å²) in [6, 6.07) is 8.47. The smallest absolute Gasteiger partial charge is 0.250 e. The molecule has 0 fully saturated rings. The predicted molar refractivity (Wildman–Crippen MR) is 157 cm³/mol. The molecule has 4 aromatic rings. The van der Waals surface area contributed by atoms with Gasteiger partial charge in [0.25, 0.3) is 0 Å². The quantitative estimate of drug-likeness (QED) is 0.293. The monoisotopic (exact) mass is 604 g/mol. The Labute approximate surface area is 250 Å². The molecule has 5 heterocycles. The molecule has 0 aliphatic carbocycles. The van der Waals surface area contributed by atoms with E-state index in [2.05, 4.69) is 15.3 Å². The zero-order chi connectivity index (χ0) is 30.2. The fourth-order valence-corrected chi connectivity index (χ4v) is 5.77. The average Bonchev–Trinajstić information content (AvgIpc) is 3.41. The topological polar surface area (TPSA) is 113 Å². The number of fused-ring (bicyclic) bond motifs is 4. The molecule has 0 spiro atoms. The highest BCUT2D eigenvalue weighted by Gasteiger charge is 2.31. The molecular formula is C31H27ClF2N6O3. The zero-order valence-electron chi connectivity index (χ0n) is 23.1. The minimum Gasteiger partial charge on any atom is -0.330 e. The summed E-state index contributed by atoms with van der Waals surface area (Å²) in [5.41, 5.74) is 2.41. The molecule has 12 heteroatoms. The molecule has 0 radical (unpaired) electrons. The van der Waals surface area contributed by atoms with E-state index < -0.39 is 23.6 Å². The van der Waals surface area contributed by atoms with Crippen LogP contribution in [0.5, 0.6) is 0 Å². The molecule has 1 aromatic carbocycles. The Morgan fingerprint density at radius 2 is 1.91 bits per heavy atom. The maximum absolute atomic E-state index is 14.7. The minimum atomic E-state index is -0.892. The van der Waals surface area contributed by atoms with Crippen LogP contribution in [0.25, 0.3) is 22.5 Å². The first kappa shape index (κ1) is 28.5. The summed E-state index contributed by atoms with van der Waals surface area (Å²) in [6.07, 6.45) is 7.99. The number of carbonyl (C=O) groups is 2. The summed E-state index contributed by atoms with van der Waals surface area (Å²) < 4.78 is 30.8. The van der Waals surface area contributed by atoms with Crippen molar-refractivity contribution in [1.29, 1.82) is 0 Å². The lowest BCUT2D eigenvalue weighted by molar-refractivity contribution is -0.129. The van der Waals surface area contributed by atoms with Gasteiger partial charge in [0.15, 0.2) is 5.82 Å². The van der Waals surface area contributed by atoms with Gasteiger partial charge in [-0.1, -0.05) is 24.9 Å². The van der Waals surface area contributed by atoms with Crippen LogP contribution in [0, 0.1) is 17.6 Å². The lowest BCUT2D eigenvalue weighted by Gasteiger charge is -2.34. The molecule has 2 aliphatic heterocycles. The first-order chi connectivity index (χ1) is 20.7. The van der Waals surface area contributed by atoms with Crippen molar-refractivity contribution in [3.8, 4) is 16.9 Å². The van der Waals surface area contributed by atoms with Gasteiger partial charge in [0.05, 0.1) is 39.9 Å². The highest BCUT2D eigenvalue weighted by atomic mass is 35.5. The minimum absolute atomic E-state index is 0.176. The number of nitrogens with one attached hydrogen (secondary N) is 2. The molecule has 2 bridgehead atoms. The second-order valence-electron chi connectivity index (χ2n) is 10.7. The molecular weight excluding hydrogens is 578 g/mol. The van der Waals surface area contributed by atoms with E-state index >= 15 is 0 Å². The van der Waals surface area contributed by atoms with Crippen molar-refractivity contribution in [3.63, 3.8) is 0 Å². The summed E-state index contributed by atoms with van der Waals surface area (Å²) in [4.78, 5) is 47.4. The standard InChI is InChI=1S/C31H27ClF2N6O3/c1-17-3-2-4-25(39-12-9-18(14-27(39)42)28-22(33)6-5-21(32)29(28)34)23-13-19(7-10-35-23)30-24(37-31(17)43)16-40(38-30)20-8-11-36-26(41)15-20/h5-8,10-11,13-17,25H,2-4,9,12H2,1H3,(H,36,41)(H,37,43). The number of carbonyl (C=O) groups excluding carboxylic acids is 2. The lowest BCUT2D eigenvalue weighted by atomic mass is 9.93. The number of benzene rings is 1. The van der Waals surface area contributed by atoms with E-state index in [4.69, 9.17) is 16.7 Å². The zero-order valence-corrected chi connectivity index (χ0v) is 23.9. The fourth-order valence-electron chi connectivity index (χ4n) is 5.62. The first-order valence-electron chi connectivity index (χ1n) is 13.9. The Hall–Kier alpha value is -4.64. The van der Waals surface area contributed by atoms with Gasteiger partial charge in [-0.3, -0.25) is 19.4 Å². The summed E-state index contributed by atoms with van der Waals surface area (Å²) in [5.74, 6) is -2.58. The Morgan fingerprint density at radius 1 is 1.07 bits per heavy atom. The van der Waals surface area contributed by atoms with Gasteiger partial charge in [-0.2, -0.15) is 5.10 Å². The van der Waals surface area contributed by atoms with E-state index in [1.54, 1.807) is 29.4 Å². The normalized spacial score (nSPS) is 19.2. The average molecular weight is 605 g/mol. The molecule has 2 unspecified atom stereocenters. The molecule has 2 N–H and O–H groups in total. The number of nitrogens with zero attached hydrogens (tertiary/aromatic N) is 4. The molecule has 9 nitrogen and oxygen atoms in total. The van der Waals surface area contributed by atoms with Crippen LogP contribution in [-0.4, -0.2) is 43.0 Å². The second-order valence-corrected chi connectivity index (χ2v) is 11.1. The maximum atomic E-state index is 14.7. The van der Waals surface area contributed by atoms with E-state index in [0.29, 0.717) is 47.6 Å². The van der Waals surface area contributed by atoms with E-state index in [1.807, 2.05) is 13.0 Å². The van der Waals surface area contributed by atoms with Crippen LogP contribution < -0.4 is 10.9 Å². The molecule has 2 aliphatic rings. The molecule has 3 aromatic heterocycles. The van der Waals surface area contributed by atoms with E-state index in [1.165, 1.54) is 23.0 Å². The first-order valence-corrected chi connectivity index (χ1v) is 14.3. The Morgan fingerprint density at radius 3 is 2.70 bits per heavy atom. The van der Waals surface area contributed by atoms with Gasteiger partial charge in [-0.25, -0.2) is 13.5 Å². The van der Waals surface area contributed by atoms with Crippen LogP contribution in [0.15, 0.2) is 65.9 Å². The van der Waals surface area contributed by atoms with Crippen LogP contribution in [-0.2, 0) is 9.59 Å². The number of pyridine rings is 2. The predicted octanol–water partition coefficient (Wildman–Crippen LogP) is 5.67. The molecule has 43 heavy (non-hydrogen) atoms. The van der Waals surface area contributed by atoms with Gasteiger partial charge in [0, 0.05) is 42.6 Å². The number of aromatic nitrogens is 4. The van der Waals surface area contributed by atoms with Crippen molar-refractivity contribution >= 4 is 34.7 Å². The Kier molecular flexibility index (Phi) is 7.66. The third-order valence-electron chi connectivity index (χ3n) is 7.90. The van der Waals surface area contributed by atoms with E-state index in [9.17, 15) is 23.2 Å². The van der Waals surface area contributed by atoms with Gasteiger partial charge < -0.3 is 15.2 Å². The number of anilines is 1. The van der Waals surface area contributed by atoms with Crippen molar-refractivity contribution < 1.29 is 18.4 Å². The largest absolute Gasteiger partial charge is 0.330 e. The van der Waals surface area contributed by atoms with Crippen LogP contribution in [0.4, 0.5) is 14.5 Å². The van der Waals surface area contributed by atoms with E-state index in [-0.39, 0.29) is 46.5 Å². The Bertz CT molecular complexity index is 1830. The number of amides is 2. The van der Waals surface area contributed by atoms with Crippen LogP contribution in [0.3, 0.4) is 0 Å². The van der Waals surface area contributed by atoms with E-state index in [0.717, 1.165) is 12.1 Å². The molecule has 220 valence electrons. The summed E-state index contributed by atoms with van der Waals surface area (Å²) in [6.45, 7) is 2.05. The van der Waals surface area contributed by atoms with Crippen LogP contribution in [0.2, 0.25) is 5.02 Å². The molecule has 2 atom stereocenters. The number of H-pyrrole nitrogens is 1. The SMILES string of the molecule is CC1CCCC(N2CCC(c3c(F)ccc(Cl)c3F)=CC2=O)c2cc(ccn2)-c2nn(-c3cc[nH]c(=O)c3)cc2NC1=O. The summed E-state index contributed by atoms with van der Waals surface area (Å²) in [7, 11) is 0. The van der Waals surface area contributed by atoms with Crippen molar-refractivity contribution in [1.82, 2.24) is 24.6 Å². The molecule has 2 amide bonds. The van der Waals surface area contributed by atoms with Gasteiger partial charge >= 0.3 is 0 Å². The fraction of sp³-hybridized carbons (Fsp3) is 0.258. The number of aromatic amines is 1. The number of halogens is 3.